The summed E-state index contributed by atoms with van der Waals surface area (Å²) in [5, 5.41) is 7.64. The Bertz CT molecular complexity index is 1670. The minimum atomic E-state index is 1.06. The van der Waals surface area contributed by atoms with Gasteiger partial charge in [0.05, 0.1) is 0 Å². The molecule has 0 radical (unpaired) electrons. The number of hydrogen-bond acceptors (Lipinski definition) is 0. The largest absolute Gasteiger partial charge is 0.0919 e. The van der Waals surface area contributed by atoms with Crippen molar-refractivity contribution < 1.29 is 0 Å². The highest BCUT2D eigenvalue weighted by Gasteiger charge is 2.15. The van der Waals surface area contributed by atoms with Crippen LogP contribution in [0.2, 0.25) is 0 Å². The molecule has 0 spiro atoms. The first-order valence-corrected chi connectivity index (χ1v) is 13.5. The minimum absolute atomic E-state index is 1.06. The molecule has 1 aliphatic rings. The lowest BCUT2D eigenvalue weighted by Gasteiger charge is -2.17. The molecule has 0 saturated heterocycles. The lowest BCUT2D eigenvalue weighted by molar-refractivity contribution is 1.02. The highest BCUT2D eigenvalue weighted by molar-refractivity contribution is 6.20. The molecule has 186 valence electrons. The van der Waals surface area contributed by atoms with Crippen LogP contribution < -0.4 is 0 Å². The molecule has 0 bridgehead atoms. The molecule has 0 aromatic heterocycles. The highest BCUT2D eigenvalue weighted by Crippen LogP contribution is 2.42. The normalized spacial score (nSPS) is 13.3. The van der Waals surface area contributed by atoms with Gasteiger partial charge in [0.1, 0.15) is 0 Å². The Hall–Kier alpha value is -4.42. The Morgan fingerprint density at radius 3 is 1.84 bits per heavy atom. The average molecular weight is 491 g/mol. The van der Waals surface area contributed by atoms with Crippen LogP contribution in [0.1, 0.15) is 32.3 Å². The van der Waals surface area contributed by atoms with Gasteiger partial charge in [-0.2, -0.15) is 0 Å². The molecule has 0 nitrogen and oxygen atoms in total. The van der Waals surface area contributed by atoms with E-state index < -0.39 is 0 Å². The molecule has 6 rings (SSSR count). The van der Waals surface area contributed by atoms with E-state index in [1.54, 1.807) is 0 Å². The van der Waals surface area contributed by atoms with E-state index >= 15 is 0 Å². The molecule has 0 amide bonds. The summed E-state index contributed by atoms with van der Waals surface area (Å²) in [5.41, 5.74) is 6.11. The van der Waals surface area contributed by atoms with Crippen LogP contribution >= 0.6 is 0 Å². The minimum Gasteiger partial charge on any atom is -0.0919 e. The number of rotatable bonds is 4. The Labute approximate surface area is 226 Å². The third kappa shape index (κ3) is 5.04. The van der Waals surface area contributed by atoms with E-state index in [-0.39, 0.29) is 0 Å². The molecular weight excluding hydrogens is 456 g/mol. The third-order valence-electron chi connectivity index (χ3n) is 7.18. The first-order valence-electron chi connectivity index (χ1n) is 13.5. The molecule has 0 N–H and O–H groups in total. The van der Waals surface area contributed by atoms with Gasteiger partial charge in [-0.1, -0.05) is 140 Å². The van der Waals surface area contributed by atoms with Crippen molar-refractivity contribution >= 4 is 38.4 Å². The summed E-state index contributed by atoms with van der Waals surface area (Å²) >= 11 is 0. The zero-order valence-electron chi connectivity index (χ0n) is 22.3. The van der Waals surface area contributed by atoms with Gasteiger partial charge in [0, 0.05) is 0 Å². The van der Waals surface area contributed by atoms with Crippen molar-refractivity contribution in [2.75, 3.05) is 0 Å². The molecule has 0 aliphatic heterocycles. The van der Waals surface area contributed by atoms with E-state index in [0.717, 1.165) is 18.4 Å². The standard InChI is InChI=1S/C34H26.C4H8/c1-24(25-12-3-2-4-13-25)22-23-30-28-17-7-9-19-32(28)34(33-20-10-8-18-29(30)33)31-21-11-15-26-14-5-6-16-27(26)31;1-3-4-2/h3,5-23H,1-2,4H2;3-4H,1-2H3/b23-22+;4-3-. The molecule has 5 aromatic carbocycles. The monoisotopic (exact) mass is 490 g/mol. The van der Waals surface area contributed by atoms with Crippen LogP contribution in [-0.4, -0.2) is 0 Å². The summed E-state index contributed by atoms with van der Waals surface area (Å²) in [6.45, 7) is 8.35. The summed E-state index contributed by atoms with van der Waals surface area (Å²) in [7, 11) is 0. The molecule has 0 heterocycles. The predicted octanol–water partition coefficient (Wildman–Crippen LogP) is 11.2. The molecule has 0 unspecified atom stereocenters. The lowest BCUT2D eigenvalue weighted by Crippen LogP contribution is -1.91. The second kappa shape index (κ2) is 11.8. The van der Waals surface area contributed by atoms with Crippen LogP contribution in [0.5, 0.6) is 0 Å². The van der Waals surface area contributed by atoms with Gasteiger partial charge in [0.25, 0.3) is 0 Å². The molecule has 5 aromatic rings. The molecular formula is C38H34. The molecule has 0 saturated carbocycles. The Balaban J connectivity index is 0.000000689. The van der Waals surface area contributed by atoms with E-state index in [4.69, 9.17) is 0 Å². The van der Waals surface area contributed by atoms with Crippen LogP contribution in [0, 0.1) is 0 Å². The van der Waals surface area contributed by atoms with Gasteiger partial charge in [-0.3, -0.25) is 0 Å². The summed E-state index contributed by atoms with van der Waals surface area (Å²) in [4.78, 5) is 0. The summed E-state index contributed by atoms with van der Waals surface area (Å²) in [6, 6.07) is 32.9. The van der Waals surface area contributed by atoms with Crippen molar-refractivity contribution in [2.45, 2.75) is 26.7 Å². The number of hydrogen-bond donors (Lipinski definition) is 0. The number of benzene rings is 5. The average Bonchev–Trinajstić information content (AvgIpc) is 2.99. The van der Waals surface area contributed by atoms with Crippen molar-refractivity contribution in [1.82, 2.24) is 0 Å². The first-order chi connectivity index (χ1) is 18.7. The quantitative estimate of drug-likeness (QED) is 0.133. The zero-order valence-corrected chi connectivity index (χ0v) is 22.3. The molecule has 1 aliphatic carbocycles. The van der Waals surface area contributed by atoms with Gasteiger partial charge in [0.2, 0.25) is 0 Å². The van der Waals surface area contributed by atoms with Crippen LogP contribution in [0.15, 0.2) is 145 Å². The fourth-order valence-corrected chi connectivity index (χ4v) is 5.21. The van der Waals surface area contributed by atoms with E-state index in [9.17, 15) is 0 Å². The van der Waals surface area contributed by atoms with E-state index in [0.29, 0.717) is 0 Å². The second-order valence-corrected chi connectivity index (χ2v) is 9.57. The Morgan fingerprint density at radius 1 is 0.658 bits per heavy atom. The van der Waals surface area contributed by atoms with E-state index in [1.165, 1.54) is 54.6 Å². The second-order valence-electron chi connectivity index (χ2n) is 9.57. The first kappa shape index (κ1) is 25.2. The maximum absolute atomic E-state index is 4.35. The number of fused-ring (bicyclic) bond motifs is 3. The maximum atomic E-state index is 4.35. The van der Waals surface area contributed by atoms with Gasteiger partial charge in [0.15, 0.2) is 0 Å². The smallest absolute Gasteiger partial charge is 0.00201 e. The van der Waals surface area contributed by atoms with Gasteiger partial charge in [-0.25, -0.2) is 0 Å². The molecule has 0 fully saturated rings. The van der Waals surface area contributed by atoms with Crippen molar-refractivity contribution in [3.05, 3.63) is 151 Å². The third-order valence-corrected chi connectivity index (χ3v) is 7.18. The summed E-state index contributed by atoms with van der Waals surface area (Å²) in [5.74, 6) is 0. The number of allylic oxidation sites excluding steroid dienone is 8. The van der Waals surface area contributed by atoms with E-state index in [2.05, 4.69) is 128 Å². The Kier molecular flexibility index (Phi) is 7.81. The van der Waals surface area contributed by atoms with Crippen LogP contribution in [0.3, 0.4) is 0 Å². The van der Waals surface area contributed by atoms with Gasteiger partial charge in [-0.05, 0) is 86.8 Å². The van der Waals surface area contributed by atoms with Gasteiger partial charge < -0.3 is 0 Å². The predicted molar refractivity (Wildman–Crippen MR) is 170 cm³/mol. The van der Waals surface area contributed by atoms with Crippen LogP contribution in [0.4, 0.5) is 0 Å². The maximum Gasteiger partial charge on any atom is -0.00201 e. The van der Waals surface area contributed by atoms with Crippen molar-refractivity contribution in [2.24, 2.45) is 0 Å². The zero-order chi connectivity index (χ0) is 26.3. The van der Waals surface area contributed by atoms with Crippen molar-refractivity contribution in [3.8, 4) is 11.1 Å². The van der Waals surface area contributed by atoms with Crippen LogP contribution in [0.25, 0.3) is 49.5 Å². The van der Waals surface area contributed by atoms with Crippen molar-refractivity contribution in [3.63, 3.8) is 0 Å². The topological polar surface area (TPSA) is 0 Å². The van der Waals surface area contributed by atoms with Gasteiger partial charge in [-0.15, -0.1) is 0 Å². The molecule has 0 atom stereocenters. The fraction of sp³-hybridized carbons (Fsp3) is 0.105. The fourth-order valence-electron chi connectivity index (χ4n) is 5.21. The molecule has 38 heavy (non-hydrogen) atoms. The Morgan fingerprint density at radius 2 is 1.24 bits per heavy atom. The summed E-state index contributed by atoms with van der Waals surface area (Å²) in [6.07, 6.45) is 17.3. The molecule has 0 heteroatoms. The lowest BCUT2D eigenvalue weighted by atomic mass is 9.86. The highest BCUT2D eigenvalue weighted by atomic mass is 14.2. The van der Waals surface area contributed by atoms with Crippen LogP contribution in [-0.2, 0) is 0 Å². The van der Waals surface area contributed by atoms with Gasteiger partial charge >= 0.3 is 0 Å². The van der Waals surface area contributed by atoms with Crippen molar-refractivity contribution in [1.29, 1.82) is 0 Å². The SMILES string of the molecule is C/C=C\C.C=C(/C=C/c1c2ccccc2c(-c2cccc3ccccc23)c2ccccc12)C1=CCCC=C1. The summed E-state index contributed by atoms with van der Waals surface area (Å²) < 4.78 is 0. The van der Waals surface area contributed by atoms with E-state index in [1.807, 2.05) is 26.0 Å².